The molecule has 1 saturated heterocycles. The second kappa shape index (κ2) is 8.45. The zero-order valence-corrected chi connectivity index (χ0v) is 15.3. The summed E-state index contributed by atoms with van der Waals surface area (Å²) in [6.07, 6.45) is 6.31. The Hall–Kier alpha value is -0.650. The van der Waals surface area contributed by atoms with Crippen molar-refractivity contribution >= 4 is 5.91 Å². The van der Waals surface area contributed by atoms with Crippen LogP contribution in [0.3, 0.4) is 0 Å². The van der Waals surface area contributed by atoms with Crippen LogP contribution in [-0.4, -0.2) is 85.2 Å². The van der Waals surface area contributed by atoms with Crippen LogP contribution < -0.4 is 0 Å². The van der Waals surface area contributed by atoms with E-state index in [1.165, 1.54) is 19.3 Å². The monoisotopic (exact) mass is 325 g/mol. The molecule has 1 aliphatic heterocycles. The average Bonchev–Trinajstić information content (AvgIpc) is 2.49. The Morgan fingerprint density at radius 3 is 2.39 bits per heavy atom. The van der Waals surface area contributed by atoms with Gasteiger partial charge in [0.1, 0.15) is 0 Å². The normalized spacial score (nSPS) is 24.3. The number of β-amino-alcohol motifs (C(OH)–C–C–N with tert-alkyl or cyclic N) is 1. The summed E-state index contributed by atoms with van der Waals surface area (Å²) in [6.45, 7) is 7.48. The number of aliphatic hydroxyl groups is 1. The highest BCUT2D eigenvalue weighted by molar-refractivity contribution is 5.76. The van der Waals surface area contributed by atoms with Gasteiger partial charge < -0.3 is 14.9 Å². The van der Waals surface area contributed by atoms with Gasteiger partial charge in [0.25, 0.3) is 0 Å². The van der Waals surface area contributed by atoms with E-state index in [4.69, 9.17) is 0 Å². The third-order valence-electron chi connectivity index (χ3n) is 5.61. The van der Waals surface area contributed by atoms with E-state index < -0.39 is 6.10 Å². The number of rotatable bonds is 6. The van der Waals surface area contributed by atoms with E-state index in [0.717, 1.165) is 39.0 Å². The number of aliphatic hydroxyl groups excluding tert-OH is 1. The van der Waals surface area contributed by atoms with E-state index in [9.17, 15) is 9.90 Å². The van der Waals surface area contributed by atoms with Crippen LogP contribution in [0.1, 0.15) is 45.4 Å². The molecule has 1 heterocycles. The molecule has 1 aliphatic carbocycles. The summed E-state index contributed by atoms with van der Waals surface area (Å²) in [5.41, 5.74) is 0.173. The number of piperazine rings is 1. The van der Waals surface area contributed by atoms with E-state index in [2.05, 4.69) is 23.8 Å². The van der Waals surface area contributed by atoms with Gasteiger partial charge in [-0.1, -0.05) is 26.2 Å². The van der Waals surface area contributed by atoms with E-state index >= 15 is 0 Å². The number of hydrogen-bond donors (Lipinski definition) is 1. The Kier molecular flexibility index (Phi) is 6.86. The van der Waals surface area contributed by atoms with Crippen LogP contribution in [-0.2, 0) is 4.79 Å². The Morgan fingerprint density at radius 2 is 1.78 bits per heavy atom. The van der Waals surface area contributed by atoms with Crippen molar-refractivity contribution in [1.29, 1.82) is 0 Å². The summed E-state index contributed by atoms with van der Waals surface area (Å²) in [5, 5.41) is 10.3. The van der Waals surface area contributed by atoms with Crippen molar-refractivity contribution in [2.24, 2.45) is 5.41 Å². The van der Waals surface area contributed by atoms with Gasteiger partial charge in [-0.05, 0) is 25.3 Å². The largest absolute Gasteiger partial charge is 0.390 e. The molecule has 23 heavy (non-hydrogen) atoms. The van der Waals surface area contributed by atoms with Crippen LogP contribution in [0.5, 0.6) is 0 Å². The van der Waals surface area contributed by atoms with Crippen LogP contribution >= 0.6 is 0 Å². The molecule has 0 bridgehead atoms. The van der Waals surface area contributed by atoms with Crippen molar-refractivity contribution in [2.75, 3.05) is 53.4 Å². The Morgan fingerprint density at radius 1 is 1.17 bits per heavy atom. The minimum Gasteiger partial charge on any atom is -0.390 e. The number of carbonyl (C=O) groups excluding carboxylic acids is 1. The first-order valence-corrected chi connectivity index (χ1v) is 9.21. The maximum atomic E-state index is 12.5. The molecule has 0 radical (unpaired) electrons. The third-order valence-corrected chi connectivity index (χ3v) is 5.61. The molecule has 0 aromatic carbocycles. The van der Waals surface area contributed by atoms with Gasteiger partial charge in [-0.3, -0.25) is 9.69 Å². The fourth-order valence-electron chi connectivity index (χ4n) is 3.89. The quantitative estimate of drug-likeness (QED) is 0.802. The van der Waals surface area contributed by atoms with Crippen molar-refractivity contribution in [1.82, 2.24) is 14.7 Å². The maximum Gasteiger partial charge on any atom is 0.222 e. The number of nitrogens with zero attached hydrogens (tertiary/aromatic N) is 3. The van der Waals surface area contributed by atoms with Gasteiger partial charge >= 0.3 is 0 Å². The van der Waals surface area contributed by atoms with Crippen LogP contribution in [0.15, 0.2) is 0 Å². The van der Waals surface area contributed by atoms with E-state index in [-0.39, 0.29) is 11.3 Å². The molecule has 1 amide bonds. The Labute approximate surface area is 141 Å². The molecule has 5 nitrogen and oxygen atoms in total. The topological polar surface area (TPSA) is 47.0 Å². The van der Waals surface area contributed by atoms with Gasteiger partial charge in [-0.25, -0.2) is 0 Å². The van der Waals surface area contributed by atoms with E-state index in [1.807, 2.05) is 7.05 Å². The van der Waals surface area contributed by atoms with E-state index in [1.54, 1.807) is 4.90 Å². The lowest BCUT2D eigenvalue weighted by Gasteiger charge is -2.36. The van der Waals surface area contributed by atoms with Gasteiger partial charge in [0.15, 0.2) is 0 Å². The van der Waals surface area contributed by atoms with Gasteiger partial charge in [0, 0.05) is 52.7 Å². The molecule has 0 aromatic rings. The van der Waals surface area contributed by atoms with Gasteiger partial charge in [0.2, 0.25) is 5.91 Å². The predicted octanol–water partition coefficient (Wildman–Crippen LogP) is 1.41. The van der Waals surface area contributed by atoms with Crippen molar-refractivity contribution in [3.8, 4) is 0 Å². The molecule has 1 saturated carbocycles. The zero-order valence-electron chi connectivity index (χ0n) is 15.3. The van der Waals surface area contributed by atoms with Crippen LogP contribution in [0.2, 0.25) is 0 Å². The molecule has 1 N–H and O–H groups in total. The summed E-state index contributed by atoms with van der Waals surface area (Å²) >= 11 is 0. The standard InChI is InChI=1S/C18H35N3O2/c1-18(7-5-4-6-8-18)13-17(23)20(3)14-16(22)15-21-11-9-19(2)10-12-21/h16,22H,4-15H2,1-3H3. The van der Waals surface area contributed by atoms with Crippen LogP contribution in [0.25, 0.3) is 0 Å². The lowest BCUT2D eigenvalue weighted by atomic mass is 9.73. The van der Waals surface area contributed by atoms with Crippen LogP contribution in [0.4, 0.5) is 0 Å². The first-order chi connectivity index (χ1) is 10.9. The minimum absolute atomic E-state index is 0.173. The number of carbonyl (C=O) groups is 1. The first-order valence-electron chi connectivity index (χ1n) is 9.21. The summed E-state index contributed by atoms with van der Waals surface area (Å²) in [7, 11) is 3.97. The number of likely N-dealkylation sites (N-methyl/N-ethyl adjacent to an activating group) is 2. The second-order valence-electron chi connectivity index (χ2n) is 8.08. The van der Waals surface area contributed by atoms with Gasteiger partial charge in [-0.15, -0.1) is 0 Å². The molecular weight excluding hydrogens is 290 g/mol. The smallest absolute Gasteiger partial charge is 0.222 e. The Balaban J connectivity index is 1.72. The third kappa shape index (κ3) is 6.05. The minimum atomic E-state index is -0.452. The van der Waals surface area contributed by atoms with Crippen molar-refractivity contribution in [3.05, 3.63) is 0 Å². The number of amides is 1. The summed E-state index contributed by atoms with van der Waals surface area (Å²) < 4.78 is 0. The molecule has 0 aromatic heterocycles. The lowest BCUT2D eigenvalue weighted by Crippen LogP contribution is -2.49. The molecule has 1 unspecified atom stereocenters. The summed E-state index contributed by atoms with van der Waals surface area (Å²) in [4.78, 5) is 18.8. The van der Waals surface area contributed by atoms with Gasteiger partial charge in [0.05, 0.1) is 6.10 Å². The number of hydrogen-bond acceptors (Lipinski definition) is 4. The highest BCUT2D eigenvalue weighted by atomic mass is 16.3. The first kappa shape index (κ1) is 18.7. The molecule has 2 fully saturated rings. The molecule has 134 valence electrons. The molecule has 2 aliphatic rings. The fourth-order valence-corrected chi connectivity index (χ4v) is 3.89. The molecule has 0 spiro atoms. The van der Waals surface area contributed by atoms with Crippen molar-refractivity contribution < 1.29 is 9.90 Å². The summed E-state index contributed by atoms with van der Waals surface area (Å²) in [6, 6.07) is 0. The highest BCUT2D eigenvalue weighted by Crippen LogP contribution is 2.38. The van der Waals surface area contributed by atoms with E-state index in [0.29, 0.717) is 19.5 Å². The molecular formula is C18H35N3O2. The lowest BCUT2D eigenvalue weighted by molar-refractivity contribution is -0.134. The predicted molar refractivity (Wildman–Crippen MR) is 93.4 cm³/mol. The summed E-state index contributed by atoms with van der Waals surface area (Å²) in [5.74, 6) is 0.187. The van der Waals surface area contributed by atoms with Crippen LogP contribution in [0, 0.1) is 5.41 Å². The maximum absolute atomic E-state index is 12.5. The molecule has 5 heteroatoms. The Bertz CT molecular complexity index is 374. The second-order valence-corrected chi connectivity index (χ2v) is 8.08. The van der Waals surface area contributed by atoms with Crippen molar-refractivity contribution in [2.45, 2.75) is 51.6 Å². The average molecular weight is 325 g/mol. The zero-order chi connectivity index (χ0) is 16.9. The molecule has 1 atom stereocenters. The fraction of sp³-hybridized carbons (Fsp3) is 0.944. The SMILES string of the molecule is CN1CCN(CC(O)CN(C)C(=O)CC2(C)CCCCC2)CC1. The van der Waals surface area contributed by atoms with Crippen molar-refractivity contribution in [3.63, 3.8) is 0 Å². The highest BCUT2D eigenvalue weighted by Gasteiger charge is 2.31. The molecule has 2 rings (SSSR count). The van der Waals surface area contributed by atoms with Gasteiger partial charge in [-0.2, -0.15) is 0 Å².